The van der Waals surface area contributed by atoms with Crippen LogP contribution < -0.4 is 5.32 Å². The van der Waals surface area contributed by atoms with Gasteiger partial charge in [-0.1, -0.05) is 6.07 Å². The molecule has 8 heteroatoms. The fourth-order valence-corrected chi connectivity index (χ4v) is 1.61. The number of halogens is 3. The van der Waals surface area contributed by atoms with Gasteiger partial charge in [0, 0.05) is 19.2 Å². The zero-order valence-electron chi connectivity index (χ0n) is 9.81. The Balaban J connectivity index is 1.85. The van der Waals surface area contributed by atoms with Crippen LogP contribution in [0.25, 0.3) is 5.65 Å². The molecular weight excluding hydrogens is 261 g/mol. The Morgan fingerprint density at radius 2 is 2.11 bits per heavy atom. The summed E-state index contributed by atoms with van der Waals surface area (Å²) in [5, 5.41) is 9.67. The summed E-state index contributed by atoms with van der Waals surface area (Å²) in [5.41, 5.74) is 0.678. The van der Waals surface area contributed by atoms with Crippen molar-refractivity contribution in [1.29, 1.82) is 0 Å². The molecule has 0 aliphatic heterocycles. The summed E-state index contributed by atoms with van der Waals surface area (Å²) >= 11 is 0. The lowest BCUT2D eigenvalue weighted by Gasteiger charge is -2.07. The lowest BCUT2D eigenvalue weighted by atomic mass is 10.3. The molecule has 2 aromatic rings. The first-order chi connectivity index (χ1) is 8.98. The molecule has 102 valence electrons. The fourth-order valence-electron chi connectivity index (χ4n) is 1.61. The summed E-state index contributed by atoms with van der Waals surface area (Å²) in [4.78, 5) is 10.6. The molecule has 0 saturated carbocycles. The number of carbonyl (C=O) groups is 1. The van der Waals surface area contributed by atoms with E-state index in [-0.39, 0.29) is 6.54 Å². The Morgan fingerprint density at radius 1 is 1.32 bits per heavy atom. The van der Waals surface area contributed by atoms with E-state index in [1.807, 2.05) is 17.4 Å². The molecule has 0 aromatic carbocycles. The van der Waals surface area contributed by atoms with Gasteiger partial charge in [0.15, 0.2) is 5.65 Å². The predicted molar refractivity (Wildman–Crippen MR) is 60.4 cm³/mol. The predicted octanol–water partition coefficient (Wildman–Crippen LogP) is 1.34. The van der Waals surface area contributed by atoms with E-state index in [1.165, 1.54) is 0 Å². The van der Waals surface area contributed by atoms with Crippen molar-refractivity contribution in [3.8, 4) is 0 Å². The molecule has 0 atom stereocenters. The highest BCUT2D eigenvalue weighted by molar-refractivity contribution is 5.81. The smallest absolute Gasteiger partial charge is 0.348 e. The Labute approximate surface area is 106 Å². The largest absolute Gasteiger partial charge is 0.471 e. The van der Waals surface area contributed by atoms with E-state index in [9.17, 15) is 18.0 Å². The standard InChI is InChI=1S/C11H11F3N4O/c12-11(13,14)10(19)15-6-3-5-9-17-16-8-4-1-2-7-18(8)9/h1-2,4,7H,3,5-6H2,(H,15,19). The van der Waals surface area contributed by atoms with E-state index in [1.54, 1.807) is 16.7 Å². The first-order valence-corrected chi connectivity index (χ1v) is 5.62. The van der Waals surface area contributed by atoms with E-state index in [0.717, 1.165) is 0 Å². The maximum Gasteiger partial charge on any atom is 0.471 e. The number of rotatable bonds is 4. The minimum atomic E-state index is -4.83. The van der Waals surface area contributed by atoms with Crippen molar-refractivity contribution in [3.05, 3.63) is 30.2 Å². The molecule has 0 spiro atoms. The monoisotopic (exact) mass is 272 g/mol. The lowest BCUT2D eigenvalue weighted by Crippen LogP contribution is -2.37. The number of amides is 1. The molecule has 0 radical (unpaired) electrons. The number of hydrogen-bond acceptors (Lipinski definition) is 3. The number of fused-ring (bicyclic) bond motifs is 1. The van der Waals surface area contributed by atoms with Crippen molar-refractivity contribution in [2.75, 3.05) is 6.54 Å². The van der Waals surface area contributed by atoms with Crippen molar-refractivity contribution >= 4 is 11.6 Å². The average Bonchev–Trinajstić information content (AvgIpc) is 2.76. The number of nitrogens with one attached hydrogen (secondary N) is 1. The van der Waals surface area contributed by atoms with Crippen LogP contribution in [-0.2, 0) is 11.2 Å². The van der Waals surface area contributed by atoms with Crippen molar-refractivity contribution in [3.63, 3.8) is 0 Å². The van der Waals surface area contributed by atoms with E-state index in [4.69, 9.17) is 0 Å². The van der Waals surface area contributed by atoms with Gasteiger partial charge in [-0.3, -0.25) is 9.20 Å². The highest BCUT2D eigenvalue weighted by Gasteiger charge is 2.38. The first kappa shape index (κ1) is 13.3. The van der Waals surface area contributed by atoms with Crippen LogP contribution in [0.2, 0.25) is 0 Å². The van der Waals surface area contributed by atoms with Gasteiger partial charge in [0.2, 0.25) is 0 Å². The molecule has 0 bridgehead atoms. The van der Waals surface area contributed by atoms with Gasteiger partial charge in [-0.2, -0.15) is 13.2 Å². The summed E-state index contributed by atoms with van der Waals surface area (Å²) in [5.74, 6) is -1.27. The number of carbonyl (C=O) groups excluding carboxylic acids is 1. The van der Waals surface area contributed by atoms with Gasteiger partial charge in [-0.05, 0) is 18.6 Å². The second-order valence-electron chi connectivity index (χ2n) is 3.90. The molecule has 0 unspecified atom stereocenters. The molecule has 0 fully saturated rings. The van der Waals surface area contributed by atoms with Crippen LogP contribution in [0.1, 0.15) is 12.2 Å². The van der Waals surface area contributed by atoms with Gasteiger partial charge in [-0.25, -0.2) is 0 Å². The first-order valence-electron chi connectivity index (χ1n) is 5.62. The number of nitrogens with zero attached hydrogens (tertiary/aromatic N) is 3. The number of hydrogen-bond donors (Lipinski definition) is 1. The zero-order chi connectivity index (χ0) is 13.9. The van der Waals surface area contributed by atoms with Crippen molar-refractivity contribution in [1.82, 2.24) is 19.9 Å². The maximum absolute atomic E-state index is 11.9. The molecule has 19 heavy (non-hydrogen) atoms. The molecule has 0 aliphatic rings. The number of alkyl halides is 3. The SMILES string of the molecule is O=C(NCCCc1nnc2ccccn12)C(F)(F)F. The van der Waals surface area contributed by atoms with E-state index in [2.05, 4.69) is 10.2 Å². The number of aromatic nitrogens is 3. The molecule has 2 aromatic heterocycles. The van der Waals surface area contributed by atoms with Crippen molar-refractivity contribution < 1.29 is 18.0 Å². The van der Waals surface area contributed by atoms with E-state index < -0.39 is 12.1 Å². The highest BCUT2D eigenvalue weighted by atomic mass is 19.4. The Kier molecular flexibility index (Phi) is 3.68. The number of aryl methyl sites for hydroxylation is 1. The van der Waals surface area contributed by atoms with Crippen LogP contribution in [0, 0.1) is 0 Å². The highest BCUT2D eigenvalue weighted by Crippen LogP contribution is 2.14. The third kappa shape index (κ3) is 3.21. The summed E-state index contributed by atoms with van der Waals surface area (Å²) in [6.45, 7) is -0.0555. The van der Waals surface area contributed by atoms with Crippen LogP contribution in [0.5, 0.6) is 0 Å². The second-order valence-corrected chi connectivity index (χ2v) is 3.90. The third-order valence-corrected chi connectivity index (χ3v) is 2.50. The molecule has 2 rings (SSSR count). The van der Waals surface area contributed by atoms with Crippen LogP contribution >= 0.6 is 0 Å². The topological polar surface area (TPSA) is 59.3 Å². The third-order valence-electron chi connectivity index (χ3n) is 2.50. The molecular formula is C11H11F3N4O. The zero-order valence-corrected chi connectivity index (χ0v) is 9.81. The van der Waals surface area contributed by atoms with Gasteiger partial charge in [0.1, 0.15) is 5.82 Å². The Morgan fingerprint density at radius 3 is 2.84 bits per heavy atom. The van der Waals surface area contributed by atoms with Gasteiger partial charge in [0.25, 0.3) is 0 Å². The van der Waals surface area contributed by atoms with Crippen molar-refractivity contribution in [2.24, 2.45) is 0 Å². The van der Waals surface area contributed by atoms with Gasteiger partial charge < -0.3 is 5.32 Å². The van der Waals surface area contributed by atoms with E-state index >= 15 is 0 Å². The second kappa shape index (κ2) is 5.25. The van der Waals surface area contributed by atoms with E-state index in [0.29, 0.717) is 24.3 Å². The normalized spacial score (nSPS) is 11.7. The van der Waals surface area contributed by atoms with Crippen LogP contribution in [-0.4, -0.2) is 33.2 Å². The molecule has 0 saturated heterocycles. The Bertz CT molecular complexity index is 579. The number of pyridine rings is 1. The van der Waals surface area contributed by atoms with Gasteiger partial charge >= 0.3 is 12.1 Å². The lowest BCUT2D eigenvalue weighted by molar-refractivity contribution is -0.173. The molecule has 0 aliphatic carbocycles. The van der Waals surface area contributed by atoms with Gasteiger partial charge in [0.05, 0.1) is 0 Å². The fraction of sp³-hybridized carbons (Fsp3) is 0.364. The molecule has 5 nitrogen and oxygen atoms in total. The maximum atomic E-state index is 11.9. The average molecular weight is 272 g/mol. The van der Waals surface area contributed by atoms with Crippen LogP contribution in [0.3, 0.4) is 0 Å². The molecule has 1 N–H and O–H groups in total. The van der Waals surface area contributed by atoms with Crippen molar-refractivity contribution in [2.45, 2.75) is 19.0 Å². The summed E-state index contributed by atoms with van der Waals surface area (Å²) < 4.78 is 37.5. The summed E-state index contributed by atoms with van der Waals surface area (Å²) in [7, 11) is 0. The minimum Gasteiger partial charge on any atom is -0.348 e. The summed E-state index contributed by atoms with van der Waals surface area (Å²) in [6, 6.07) is 5.41. The molecule has 1 amide bonds. The van der Waals surface area contributed by atoms with Crippen LogP contribution in [0.4, 0.5) is 13.2 Å². The minimum absolute atomic E-state index is 0.0555. The van der Waals surface area contributed by atoms with Crippen LogP contribution in [0.15, 0.2) is 24.4 Å². The quantitative estimate of drug-likeness (QED) is 0.854. The Hall–Kier alpha value is -2.12. The van der Waals surface area contributed by atoms with Gasteiger partial charge in [-0.15, -0.1) is 10.2 Å². The summed E-state index contributed by atoms with van der Waals surface area (Å²) in [6.07, 6.45) is -2.26. The molecule has 2 heterocycles.